The van der Waals surface area contributed by atoms with E-state index in [2.05, 4.69) is 20.8 Å². The zero-order valence-electron chi connectivity index (χ0n) is 9.14. The molecule has 3 heteroatoms. The number of unbranched alkanes of at least 4 members (excludes halogenated alkanes) is 3. The highest BCUT2D eigenvalue weighted by molar-refractivity contribution is 8.77. The molecule has 0 rings (SSSR count). The normalized spacial score (nSPS) is 12.0. The van der Waals surface area contributed by atoms with Gasteiger partial charge in [-0.2, -0.15) is 0 Å². The highest BCUT2D eigenvalue weighted by Gasteiger charge is 2.09. The van der Waals surface area contributed by atoms with Crippen LogP contribution in [0.4, 0.5) is 0 Å². The van der Waals surface area contributed by atoms with Crippen molar-refractivity contribution in [1.29, 1.82) is 0 Å². The first-order valence-electron chi connectivity index (χ1n) is 5.07. The molecule has 0 aromatic heterocycles. The van der Waals surface area contributed by atoms with E-state index in [1.165, 1.54) is 31.4 Å². The third-order valence-corrected chi connectivity index (χ3v) is 4.92. The van der Waals surface area contributed by atoms with Crippen LogP contribution in [0.15, 0.2) is 0 Å². The van der Waals surface area contributed by atoms with Crippen molar-refractivity contribution in [3.63, 3.8) is 0 Å². The van der Waals surface area contributed by atoms with Gasteiger partial charge in [-0.25, -0.2) is 0 Å². The van der Waals surface area contributed by atoms with Gasteiger partial charge in [-0.1, -0.05) is 55.2 Å². The van der Waals surface area contributed by atoms with Crippen LogP contribution in [0.1, 0.15) is 46.5 Å². The first-order chi connectivity index (χ1) is 6.06. The zero-order chi connectivity index (χ0) is 10.2. The van der Waals surface area contributed by atoms with Crippen LogP contribution in [0.3, 0.4) is 0 Å². The van der Waals surface area contributed by atoms with Gasteiger partial charge in [0.05, 0.1) is 0 Å². The van der Waals surface area contributed by atoms with E-state index in [0.717, 1.165) is 6.54 Å². The minimum absolute atomic E-state index is 0.405. The Balaban J connectivity index is 3.00. The van der Waals surface area contributed by atoms with Crippen LogP contribution in [0.2, 0.25) is 0 Å². The van der Waals surface area contributed by atoms with Gasteiger partial charge < -0.3 is 5.73 Å². The van der Waals surface area contributed by atoms with Crippen LogP contribution in [0.5, 0.6) is 0 Å². The highest BCUT2D eigenvalue weighted by atomic mass is 33.1. The molecule has 0 aromatic rings. The van der Waals surface area contributed by atoms with E-state index in [1.807, 2.05) is 21.6 Å². The predicted octanol–water partition coefficient (Wildman–Crippen LogP) is 3.69. The van der Waals surface area contributed by atoms with Gasteiger partial charge in [-0.3, -0.25) is 0 Å². The summed E-state index contributed by atoms with van der Waals surface area (Å²) in [5.41, 5.74) is 5.42. The molecule has 0 aliphatic carbocycles. The van der Waals surface area contributed by atoms with Gasteiger partial charge in [-0.15, -0.1) is 0 Å². The topological polar surface area (TPSA) is 26.0 Å². The molecule has 0 bridgehead atoms. The molecule has 0 aliphatic heterocycles. The second-order valence-corrected chi connectivity index (χ2v) is 7.46. The summed E-state index contributed by atoms with van der Waals surface area (Å²) < 4.78 is 0.405. The fraction of sp³-hybridized carbons (Fsp3) is 1.00. The summed E-state index contributed by atoms with van der Waals surface area (Å²) in [5.74, 6) is 1.28. The summed E-state index contributed by atoms with van der Waals surface area (Å²) in [4.78, 5) is 0. The van der Waals surface area contributed by atoms with Crippen LogP contribution in [0.25, 0.3) is 0 Å². The molecule has 1 nitrogen and oxygen atoms in total. The molecule has 0 radical (unpaired) electrons. The minimum Gasteiger partial charge on any atom is -0.330 e. The van der Waals surface area contributed by atoms with Gasteiger partial charge >= 0.3 is 0 Å². The first kappa shape index (κ1) is 13.7. The Labute approximate surface area is 91.0 Å². The van der Waals surface area contributed by atoms with Crippen molar-refractivity contribution >= 4 is 21.6 Å². The SMILES string of the molecule is CC(C)(C)SSCCCCCCN. The second-order valence-electron chi connectivity index (χ2n) is 4.22. The number of rotatable bonds is 7. The lowest BCUT2D eigenvalue weighted by molar-refractivity contribution is 0.678. The molecule has 0 heterocycles. The molecule has 0 atom stereocenters. The maximum atomic E-state index is 5.42. The lowest BCUT2D eigenvalue weighted by Gasteiger charge is -2.15. The van der Waals surface area contributed by atoms with Crippen molar-refractivity contribution in [2.45, 2.75) is 51.2 Å². The third-order valence-electron chi connectivity index (χ3n) is 1.49. The minimum atomic E-state index is 0.405. The van der Waals surface area contributed by atoms with E-state index in [1.54, 1.807) is 0 Å². The van der Waals surface area contributed by atoms with Gasteiger partial charge in [0.1, 0.15) is 0 Å². The molecular formula is C10H23NS2. The third kappa shape index (κ3) is 12.7. The van der Waals surface area contributed by atoms with Crippen LogP contribution in [0, 0.1) is 0 Å². The molecule has 0 unspecified atom stereocenters. The molecule has 2 N–H and O–H groups in total. The lowest BCUT2D eigenvalue weighted by Crippen LogP contribution is -2.04. The molecule has 0 amide bonds. The summed E-state index contributed by atoms with van der Waals surface area (Å²) in [5, 5.41) is 0. The quantitative estimate of drug-likeness (QED) is 0.524. The van der Waals surface area contributed by atoms with Gasteiger partial charge in [0.25, 0.3) is 0 Å². The molecule has 0 aromatic carbocycles. The second kappa shape index (κ2) is 8.01. The monoisotopic (exact) mass is 221 g/mol. The lowest BCUT2D eigenvalue weighted by atomic mass is 10.2. The summed E-state index contributed by atoms with van der Waals surface area (Å²) >= 11 is 0. The van der Waals surface area contributed by atoms with Crippen LogP contribution in [-0.4, -0.2) is 17.0 Å². The Kier molecular flexibility index (Phi) is 8.42. The Morgan fingerprint density at radius 2 is 1.62 bits per heavy atom. The van der Waals surface area contributed by atoms with Crippen molar-refractivity contribution in [3.8, 4) is 0 Å². The Hall–Kier alpha value is 0.660. The largest absolute Gasteiger partial charge is 0.330 e. The van der Waals surface area contributed by atoms with Crippen molar-refractivity contribution in [2.24, 2.45) is 5.73 Å². The average Bonchev–Trinajstić information content (AvgIpc) is 2.01. The van der Waals surface area contributed by atoms with E-state index >= 15 is 0 Å². The van der Waals surface area contributed by atoms with E-state index in [0.29, 0.717) is 4.75 Å². The van der Waals surface area contributed by atoms with Gasteiger partial charge in [0, 0.05) is 10.5 Å². The van der Waals surface area contributed by atoms with E-state index < -0.39 is 0 Å². The molecule has 0 fully saturated rings. The highest BCUT2D eigenvalue weighted by Crippen LogP contribution is 2.35. The Morgan fingerprint density at radius 1 is 1.00 bits per heavy atom. The van der Waals surface area contributed by atoms with Gasteiger partial charge in [0.2, 0.25) is 0 Å². The Bertz CT molecular complexity index is 110. The fourth-order valence-corrected chi connectivity index (χ4v) is 3.30. The number of hydrogen-bond donors (Lipinski definition) is 1. The molecule has 0 spiro atoms. The molecular weight excluding hydrogens is 198 g/mol. The number of nitrogens with two attached hydrogens (primary N) is 1. The molecule has 0 saturated heterocycles. The summed E-state index contributed by atoms with van der Waals surface area (Å²) in [6.45, 7) is 7.64. The fourth-order valence-electron chi connectivity index (χ4n) is 0.877. The zero-order valence-corrected chi connectivity index (χ0v) is 10.8. The Morgan fingerprint density at radius 3 is 2.15 bits per heavy atom. The van der Waals surface area contributed by atoms with Gasteiger partial charge in [0.15, 0.2) is 0 Å². The molecule has 0 aliphatic rings. The molecule has 0 saturated carbocycles. The first-order valence-corrected chi connectivity index (χ1v) is 7.39. The molecule has 13 heavy (non-hydrogen) atoms. The van der Waals surface area contributed by atoms with Crippen molar-refractivity contribution < 1.29 is 0 Å². The van der Waals surface area contributed by atoms with Crippen LogP contribution >= 0.6 is 21.6 Å². The van der Waals surface area contributed by atoms with E-state index in [-0.39, 0.29) is 0 Å². The van der Waals surface area contributed by atoms with Crippen molar-refractivity contribution in [3.05, 3.63) is 0 Å². The number of hydrogen-bond acceptors (Lipinski definition) is 3. The summed E-state index contributed by atoms with van der Waals surface area (Å²) in [6.07, 6.45) is 5.18. The van der Waals surface area contributed by atoms with Crippen molar-refractivity contribution in [2.75, 3.05) is 12.3 Å². The summed E-state index contributed by atoms with van der Waals surface area (Å²) in [7, 11) is 3.99. The van der Waals surface area contributed by atoms with Gasteiger partial charge in [-0.05, 0) is 19.4 Å². The van der Waals surface area contributed by atoms with Crippen molar-refractivity contribution in [1.82, 2.24) is 0 Å². The van der Waals surface area contributed by atoms with Crippen LogP contribution < -0.4 is 5.73 Å². The maximum Gasteiger partial charge on any atom is 0.0179 e. The molecule has 80 valence electrons. The predicted molar refractivity (Wildman–Crippen MR) is 67.3 cm³/mol. The van der Waals surface area contributed by atoms with E-state index in [4.69, 9.17) is 5.73 Å². The van der Waals surface area contributed by atoms with Crippen LogP contribution in [-0.2, 0) is 0 Å². The maximum absolute atomic E-state index is 5.42. The average molecular weight is 221 g/mol. The summed E-state index contributed by atoms with van der Waals surface area (Å²) in [6, 6.07) is 0. The van der Waals surface area contributed by atoms with E-state index in [9.17, 15) is 0 Å². The smallest absolute Gasteiger partial charge is 0.0179 e. The standard InChI is InChI=1S/C10H23NS2/c1-10(2,3)13-12-9-7-5-4-6-8-11/h4-9,11H2,1-3H3.